The van der Waals surface area contributed by atoms with Gasteiger partial charge in [-0.25, -0.2) is 0 Å². The van der Waals surface area contributed by atoms with Crippen LogP contribution in [0.2, 0.25) is 0 Å². The fourth-order valence-corrected chi connectivity index (χ4v) is 2.71. The third-order valence-electron chi connectivity index (χ3n) is 3.33. The highest BCUT2D eigenvalue weighted by molar-refractivity contribution is 7.99. The lowest BCUT2D eigenvalue weighted by Crippen LogP contribution is -2.43. The Balaban J connectivity index is 1.91. The van der Waals surface area contributed by atoms with Crippen LogP contribution in [0.3, 0.4) is 0 Å². The highest BCUT2D eigenvalue weighted by Gasteiger charge is 2.63. The molecule has 0 aromatic carbocycles. The van der Waals surface area contributed by atoms with E-state index in [4.69, 9.17) is 5.73 Å². The van der Waals surface area contributed by atoms with Crippen LogP contribution in [0.25, 0.3) is 0 Å². The van der Waals surface area contributed by atoms with Gasteiger partial charge in [-0.3, -0.25) is 4.99 Å². The van der Waals surface area contributed by atoms with Crippen LogP contribution in [0.1, 0.15) is 12.8 Å². The number of nitrogens with zero attached hydrogens (tertiary/aromatic N) is 2. The van der Waals surface area contributed by atoms with Crippen LogP contribution in [-0.2, 0) is 0 Å². The molecule has 2 fully saturated rings. The Morgan fingerprint density at radius 3 is 2.35 bits per heavy atom. The van der Waals surface area contributed by atoms with Crippen molar-refractivity contribution < 1.29 is 13.2 Å². The molecular formula is C10H16F3N3S. The smallest absolute Gasteiger partial charge is 0.370 e. The quantitative estimate of drug-likeness (QED) is 0.611. The van der Waals surface area contributed by atoms with E-state index >= 15 is 0 Å². The van der Waals surface area contributed by atoms with Crippen molar-refractivity contribution in [1.82, 2.24) is 4.90 Å². The van der Waals surface area contributed by atoms with Gasteiger partial charge in [0.25, 0.3) is 0 Å². The summed E-state index contributed by atoms with van der Waals surface area (Å²) in [6.45, 7) is 1.34. The monoisotopic (exact) mass is 267 g/mol. The number of halogens is 3. The van der Waals surface area contributed by atoms with Gasteiger partial charge in [0, 0.05) is 24.6 Å². The lowest BCUT2D eigenvalue weighted by Gasteiger charge is -2.27. The number of guanidine groups is 1. The summed E-state index contributed by atoms with van der Waals surface area (Å²) in [5.41, 5.74) is 4.14. The first kappa shape index (κ1) is 12.9. The van der Waals surface area contributed by atoms with Gasteiger partial charge < -0.3 is 10.6 Å². The van der Waals surface area contributed by atoms with E-state index in [1.807, 2.05) is 16.7 Å². The second-order valence-electron chi connectivity index (χ2n) is 4.55. The number of aliphatic imine (C=N–C) groups is 1. The SMILES string of the molecule is NC(=NCC1(C(F)(F)F)CC1)N1CCSCC1. The van der Waals surface area contributed by atoms with Crippen LogP contribution in [0.15, 0.2) is 4.99 Å². The number of thioether (sulfide) groups is 1. The molecule has 1 saturated carbocycles. The van der Waals surface area contributed by atoms with Crippen molar-refractivity contribution in [2.24, 2.45) is 16.1 Å². The Labute approximate surface area is 103 Å². The Morgan fingerprint density at radius 2 is 1.88 bits per heavy atom. The fourth-order valence-electron chi connectivity index (χ4n) is 1.81. The van der Waals surface area contributed by atoms with E-state index in [-0.39, 0.29) is 25.3 Å². The maximum absolute atomic E-state index is 12.7. The van der Waals surface area contributed by atoms with Gasteiger partial charge in [-0.15, -0.1) is 0 Å². The average Bonchev–Trinajstić information content (AvgIpc) is 3.07. The van der Waals surface area contributed by atoms with Crippen molar-refractivity contribution in [3.8, 4) is 0 Å². The van der Waals surface area contributed by atoms with Crippen LogP contribution in [0.5, 0.6) is 0 Å². The Morgan fingerprint density at radius 1 is 1.29 bits per heavy atom. The van der Waals surface area contributed by atoms with Crippen molar-refractivity contribution in [3.63, 3.8) is 0 Å². The molecule has 2 aliphatic rings. The number of hydrogen-bond acceptors (Lipinski definition) is 2. The van der Waals surface area contributed by atoms with Gasteiger partial charge >= 0.3 is 6.18 Å². The first-order valence-electron chi connectivity index (χ1n) is 5.64. The van der Waals surface area contributed by atoms with Crippen LogP contribution in [0, 0.1) is 5.41 Å². The molecule has 2 N–H and O–H groups in total. The minimum Gasteiger partial charge on any atom is -0.370 e. The average molecular weight is 267 g/mol. The standard InChI is InChI=1S/C10H16F3N3S/c11-10(12,13)9(1-2-9)7-15-8(14)16-3-5-17-6-4-16/h1-7H2,(H2,14,15). The predicted molar refractivity (Wildman–Crippen MR) is 63.1 cm³/mol. The molecule has 3 nitrogen and oxygen atoms in total. The minimum atomic E-state index is -4.14. The van der Waals surface area contributed by atoms with Gasteiger partial charge in [0.2, 0.25) is 0 Å². The number of alkyl halides is 3. The molecule has 1 heterocycles. The third kappa shape index (κ3) is 2.81. The molecule has 17 heavy (non-hydrogen) atoms. The molecule has 0 unspecified atom stereocenters. The van der Waals surface area contributed by atoms with Gasteiger partial charge in [0.15, 0.2) is 5.96 Å². The molecule has 1 aliphatic carbocycles. The molecule has 0 aromatic rings. The van der Waals surface area contributed by atoms with E-state index in [2.05, 4.69) is 4.99 Å². The third-order valence-corrected chi connectivity index (χ3v) is 4.28. The normalized spacial score (nSPS) is 24.9. The second kappa shape index (κ2) is 4.59. The van der Waals surface area contributed by atoms with E-state index < -0.39 is 11.6 Å². The molecule has 98 valence electrons. The highest BCUT2D eigenvalue weighted by atomic mass is 32.2. The zero-order valence-corrected chi connectivity index (χ0v) is 10.3. The van der Waals surface area contributed by atoms with E-state index in [0.717, 1.165) is 24.6 Å². The molecule has 0 aromatic heterocycles. The van der Waals surface area contributed by atoms with E-state index in [1.54, 1.807) is 0 Å². The molecule has 0 amide bonds. The van der Waals surface area contributed by atoms with E-state index in [1.165, 1.54) is 0 Å². The van der Waals surface area contributed by atoms with Crippen LogP contribution in [0.4, 0.5) is 13.2 Å². The van der Waals surface area contributed by atoms with Gasteiger partial charge in [-0.1, -0.05) is 0 Å². The first-order chi connectivity index (χ1) is 7.95. The summed E-state index contributed by atoms with van der Waals surface area (Å²) in [4.78, 5) is 5.80. The lowest BCUT2D eigenvalue weighted by molar-refractivity contribution is -0.183. The summed E-state index contributed by atoms with van der Waals surface area (Å²) in [5.74, 6) is 2.18. The van der Waals surface area contributed by atoms with Crippen LogP contribution >= 0.6 is 11.8 Å². The van der Waals surface area contributed by atoms with Crippen molar-refractivity contribution >= 4 is 17.7 Å². The summed E-state index contributed by atoms with van der Waals surface area (Å²) in [6.07, 6.45) is -3.78. The molecule has 0 atom stereocenters. The topological polar surface area (TPSA) is 41.6 Å². The molecule has 2 rings (SSSR count). The van der Waals surface area contributed by atoms with Gasteiger partial charge in [-0.2, -0.15) is 24.9 Å². The molecule has 7 heteroatoms. The summed E-state index contributed by atoms with van der Waals surface area (Å²) in [6, 6.07) is 0. The minimum absolute atomic E-state index is 0.184. The van der Waals surface area contributed by atoms with Crippen molar-refractivity contribution in [2.75, 3.05) is 31.1 Å². The Bertz CT molecular complexity index is 306. The molecule has 0 spiro atoms. The largest absolute Gasteiger partial charge is 0.396 e. The maximum Gasteiger partial charge on any atom is 0.396 e. The van der Waals surface area contributed by atoms with Gasteiger partial charge in [-0.05, 0) is 12.8 Å². The molecule has 1 aliphatic heterocycles. The van der Waals surface area contributed by atoms with E-state index in [0.29, 0.717) is 0 Å². The molecule has 1 saturated heterocycles. The first-order valence-corrected chi connectivity index (χ1v) is 6.79. The van der Waals surface area contributed by atoms with Crippen molar-refractivity contribution in [2.45, 2.75) is 19.0 Å². The van der Waals surface area contributed by atoms with Crippen molar-refractivity contribution in [3.05, 3.63) is 0 Å². The number of nitrogens with two attached hydrogens (primary N) is 1. The molecule has 0 bridgehead atoms. The number of hydrogen-bond donors (Lipinski definition) is 1. The Hall–Kier alpha value is -0.590. The van der Waals surface area contributed by atoms with Crippen LogP contribution in [-0.4, -0.2) is 48.2 Å². The maximum atomic E-state index is 12.7. The summed E-state index contributed by atoms with van der Waals surface area (Å²) in [7, 11) is 0. The summed E-state index contributed by atoms with van der Waals surface area (Å²) in [5, 5.41) is 0. The lowest BCUT2D eigenvalue weighted by atomic mass is 10.1. The fraction of sp³-hybridized carbons (Fsp3) is 0.900. The predicted octanol–water partition coefficient (Wildman–Crippen LogP) is 1.69. The summed E-state index contributed by atoms with van der Waals surface area (Å²) >= 11 is 1.82. The molecular weight excluding hydrogens is 251 g/mol. The van der Waals surface area contributed by atoms with Crippen LogP contribution < -0.4 is 5.73 Å². The number of rotatable bonds is 2. The van der Waals surface area contributed by atoms with Gasteiger partial charge in [0.1, 0.15) is 0 Å². The Kier molecular flexibility index (Phi) is 3.47. The molecule has 0 radical (unpaired) electrons. The zero-order chi connectivity index (χ0) is 12.5. The second-order valence-corrected chi connectivity index (χ2v) is 5.78. The van der Waals surface area contributed by atoms with Gasteiger partial charge in [0.05, 0.1) is 12.0 Å². The summed E-state index contributed by atoms with van der Waals surface area (Å²) < 4.78 is 38.0. The zero-order valence-electron chi connectivity index (χ0n) is 9.46. The van der Waals surface area contributed by atoms with Crippen molar-refractivity contribution in [1.29, 1.82) is 0 Å². The highest BCUT2D eigenvalue weighted by Crippen LogP contribution is 2.57. The van der Waals surface area contributed by atoms with E-state index in [9.17, 15) is 13.2 Å².